The maximum absolute atomic E-state index is 6.05. The molecule has 2 aromatic carbocycles. The second-order valence-electron chi connectivity index (χ2n) is 7.08. The summed E-state index contributed by atoms with van der Waals surface area (Å²) in [7, 11) is 0. The molecule has 130 valence electrons. The minimum absolute atomic E-state index is 0.473. The van der Waals surface area contributed by atoms with E-state index in [4.69, 9.17) is 5.73 Å². The quantitative estimate of drug-likeness (QED) is 0.638. The lowest BCUT2D eigenvalue weighted by molar-refractivity contribution is 0.208. The number of hydrogen-bond acceptors (Lipinski definition) is 4. The topological polar surface area (TPSA) is 70.0 Å². The number of likely N-dealkylation sites (tertiary alicyclic amines) is 1. The van der Waals surface area contributed by atoms with Crippen molar-refractivity contribution >= 4 is 22.3 Å². The number of nitrogen functional groups attached to an aromatic ring is 1. The third kappa shape index (κ3) is 3.61. The van der Waals surface area contributed by atoms with Gasteiger partial charge in [0.25, 0.3) is 0 Å². The molecule has 0 spiro atoms. The van der Waals surface area contributed by atoms with E-state index in [1.165, 1.54) is 24.1 Å². The molecule has 0 amide bonds. The number of aromatic amines is 1. The smallest absolute Gasteiger partial charge is 0.0651 e. The highest BCUT2D eigenvalue weighted by Gasteiger charge is 2.20. The third-order valence-electron chi connectivity index (χ3n) is 5.07. The number of anilines is 2. The van der Waals surface area contributed by atoms with Crippen LogP contribution >= 0.6 is 0 Å². The molecular weight excluding hydrogens is 310 g/mol. The van der Waals surface area contributed by atoms with Crippen LogP contribution in [0.3, 0.4) is 0 Å². The maximum atomic E-state index is 6.05. The van der Waals surface area contributed by atoms with Crippen molar-refractivity contribution in [1.82, 2.24) is 15.1 Å². The molecule has 1 aromatic heterocycles. The Balaban J connectivity index is 1.40. The zero-order valence-electron chi connectivity index (χ0n) is 14.6. The van der Waals surface area contributed by atoms with Crippen molar-refractivity contribution in [3.8, 4) is 0 Å². The van der Waals surface area contributed by atoms with E-state index in [2.05, 4.69) is 63.7 Å². The van der Waals surface area contributed by atoms with E-state index in [1.54, 1.807) is 0 Å². The van der Waals surface area contributed by atoms with Crippen LogP contribution in [0.4, 0.5) is 11.4 Å². The second-order valence-corrected chi connectivity index (χ2v) is 7.08. The summed E-state index contributed by atoms with van der Waals surface area (Å²) in [6.07, 6.45) is 4.29. The molecule has 1 saturated heterocycles. The summed E-state index contributed by atoms with van der Waals surface area (Å²) in [5.74, 6) is 0. The Morgan fingerprint density at radius 2 is 2.20 bits per heavy atom. The van der Waals surface area contributed by atoms with Gasteiger partial charge in [-0.1, -0.05) is 12.1 Å². The van der Waals surface area contributed by atoms with Crippen LogP contribution in [-0.4, -0.2) is 34.2 Å². The minimum Gasteiger partial charge on any atom is -0.399 e. The lowest BCUT2D eigenvalue weighted by atomic mass is 10.0. The summed E-state index contributed by atoms with van der Waals surface area (Å²) in [5.41, 5.74) is 11.6. The molecule has 0 radical (unpaired) electrons. The van der Waals surface area contributed by atoms with Gasteiger partial charge in [0.1, 0.15) is 0 Å². The van der Waals surface area contributed by atoms with Gasteiger partial charge >= 0.3 is 0 Å². The molecule has 0 saturated carbocycles. The molecule has 0 aliphatic carbocycles. The standard InChI is InChI=1S/C20H25N5/c1-14-4-5-15(9-19(14)21)12-25-8-2-3-18(13-25)23-17-6-7-20-16(10-17)11-22-24-20/h4-7,9-11,18,23H,2-3,8,12-13,21H2,1H3,(H,22,24)/t18-/m1/s1. The SMILES string of the molecule is Cc1ccc(CN2CCC[C@@H](Nc3ccc4[nH]ncc4c3)C2)cc1N. The third-order valence-corrected chi connectivity index (χ3v) is 5.07. The van der Waals surface area contributed by atoms with Crippen LogP contribution in [0.2, 0.25) is 0 Å². The first-order chi connectivity index (χ1) is 12.2. The Kier molecular flexibility index (Phi) is 4.32. The molecule has 0 unspecified atom stereocenters. The number of piperidine rings is 1. The highest BCUT2D eigenvalue weighted by molar-refractivity contribution is 5.81. The number of benzene rings is 2. The summed E-state index contributed by atoms with van der Waals surface area (Å²) in [6, 6.07) is 13.3. The van der Waals surface area contributed by atoms with E-state index in [9.17, 15) is 0 Å². The number of fused-ring (bicyclic) bond motifs is 1. The normalized spacial score (nSPS) is 18.5. The molecule has 3 aromatic rings. The summed E-state index contributed by atoms with van der Waals surface area (Å²) >= 11 is 0. The summed E-state index contributed by atoms with van der Waals surface area (Å²) in [4.78, 5) is 2.52. The molecule has 1 aliphatic rings. The van der Waals surface area contributed by atoms with Crippen molar-refractivity contribution in [1.29, 1.82) is 0 Å². The molecular formula is C20H25N5. The number of rotatable bonds is 4. The van der Waals surface area contributed by atoms with Gasteiger partial charge in [-0.15, -0.1) is 0 Å². The fourth-order valence-corrected chi connectivity index (χ4v) is 3.63. The average molecular weight is 335 g/mol. The molecule has 4 N–H and O–H groups in total. The predicted molar refractivity (Wildman–Crippen MR) is 104 cm³/mol. The van der Waals surface area contributed by atoms with E-state index in [-0.39, 0.29) is 0 Å². The van der Waals surface area contributed by atoms with Gasteiger partial charge in [-0.3, -0.25) is 10.00 Å². The average Bonchev–Trinajstić information content (AvgIpc) is 3.06. The molecule has 2 heterocycles. The van der Waals surface area contributed by atoms with Crippen LogP contribution in [0.15, 0.2) is 42.6 Å². The number of hydrogen-bond donors (Lipinski definition) is 3. The van der Waals surface area contributed by atoms with Crippen molar-refractivity contribution in [3.63, 3.8) is 0 Å². The largest absolute Gasteiger partial charge is 0.399 e. The molecule has 1 atom stereocenters. The fraction of sp³-hybridized carbons (Fsp3) is 0.350. The van der Waals surface area contributed by atoms with Crippen LogP contribution in [0.1, 0.15) is 24.0 Å². The molecule has 0 bridgehead atoms. The van der Waals surface area contributed by atoms with E-state index in [0.717, 1.165) is 41.8 Å². The van der Waals surface area contributed by atoms with Gasteiger partial charge < -0.3 is 11.1 Å². The number of nitrogens with two attached hydrogens (primary N) is 1. The first kappa shape index (κ1) is 16.0. The number of nitrogens with one attached hydrogen (secondary N) is 2. The first-order valence-corrected chi connectivity index (χ1v) is 8.94. The highest BCUT2D eigenvalue weighted by Crippen LogP contribution is 2.22. The summed E-state index contributed by atoms with van der Waals surface area (Å²) in [6.45, 7) is 5.21. The van der Waals surface area contributed by atoms with Crippen molar-refractivity contribution < 1.29 is 0 Å². The lowest BCUT2D eigenvalue weighted by Gasteiger charge is -2.33. The van der Waals surface area contributed by atoms with Crippen LogP contribution in [0.5, 0.6) is 0 Å². The number of aryl methyl sites for hydroxylation is 1. The molecule has 5 heteroatoms. The Morgan fingerprint density at radius 1 is 1.28 bits per heavy atom. The van der Waals surface area contributed by atoms with Gasteiger partial charge in [0.05, 0.1) is 11.7 Å². The number of nitrogens with zero attached hydrogens (tertiary/aromatic N) is 2. The zero-order chi connectivity index (χ0) is 17.2. The van der Waals surface area contributed by atoms with Crippen LogP contribution in [0, 0.1) is 6.92 Å². The molecule has 5 nitrogen and oxygen atoms in total. The van der Waals surface area contributed by atoms with Crippen LogP contribution < -0.4 is 11.1 Å². The van der Waals surface area contributed by atoms with Gasteiger partial charge in [0, 0.05) is 35.9 Å². The van der Waals surface area contributed by atoms with Gasteiger partial charge in [-0.2, -0.15) is 5.10 Å². The molecule has 1 aliphatic heterocycles. The number of aromatic nitrogens is 2. The first-order valence-electron chi connectivity index (χ1n) is 8.94. The van der Waals surface area contributed by atoms with Gasteiger partial charge in [-0.05, 0) is 61.7 Å². The van der Waals surface area contributed by atoms with E-state index in [0.29, 0.717) is 6.04 Å². The predicted octanol–water partition coefficient (Wildman–Crippen LogP) is 3.53. The van der Waals surface area contributed by atoms with Crippen LogP contribution in [-0.2, 0) is 6.54 Å². The zero-order valence-corrected chi connectivity index (χ0v) is 14.6. The highest BCUT2D eigenvalue weighted by atomic mass is 15.2. The van der Waals surface area contributed by atoms with Crippen molar-refractivity contribution in [3.05, 3.63) is 53.7 Å². The fourth-order valence-electron chi connectivity index (χ4n) is 3.63. The van der Waals surface area contributed by atoms with Crippen molar-refractivity contribution in [2.45, 2.75) is 32.4 Å². The van der Waals surface area contributed by atoms with E-state index < -0.39 is 0 Å². The van der Waals surface area contributed by atoms with Gasteiger partial charge in [-0.25, -0.2) is 0 Å². The monoisotopic (exact) mass is 335 g/mol. The molecule has 1 fully saturated rings. The summed E-state index contributed by atoms with van der Waals surface area (Å²) in [5, 5.41) is 11.9. The van der Waals surface area contributed by atoms with Gasteiger partial charge in [0.2, 0.25) is 0 Å². The lowest BCUT2D eigenvalue weighted by Crippen LogP contribution is -2.41. The Hall–Kier alpha value is -2.53. The van der Waals surface area contributed by atoms with Crippen LogP contribution in [0.25, 0.3) is 10.9 Å². The van der Waals surface area contributed by atoms with Crippen molar-refractivity contribution in [2.24, 2.45) is 0 Å². The van der Waals surface area contributed by atoms with Crippen molar-refractivity contribution in [2.75, 3.05) is 24.1 Å². The van der Waals surface area contributed by atoms with E-state index in [1.807, 2.05) is 6.20 Å². The Bertz CT molecular complexity index is 869. The molecule has 4 rings (SSSR count). The second kappa shape index (κ2) is 6.76. The van der Waals surface area contributed by atoms with Gasteiger partial charge in [0.15, 0.2) is 0 Å². The number of H-pyrrole nitrogens is 1. The summed E-state index contributed by atoms with van der Waals surface area (Å²) < 4.78 is 0. The Morgan fingerprint density at radius 3 is 3.08 bits per heavy atom. The van der Waals surface area contributed by atoms with E-state index >= 15 is 0 Å². The maximum Gasteiger partial charge on any atom is 0.0651 e. The minimum atomic E-state index is 0.473. The Labute approximate surface area is 148 Å². The molecule has 25 heavy (non-hydrogen) atoms.